The Labute approximate surface area is 126 Å². The molecule has 0 aliphatic carbocycles. The number of nitrogens with zero attached hydrogens (tertiary/aromatic N) is 1. The van der Waals surface area contributed by atoms with E-state index < -0.39 is 10.0 Å². The number of phenols is 1. The number of aromatic hydroxyl groups is 1. The second-order valence-electron chi connectivity index (χ2n) is 4.30. The standard InChI is InChI=1S/C13H10ClN3O3S/c14-8-4-1-2-5-9(8)15-13-16-12-10(18)6-3-7-11(12)21(19,20)17-13/h1-7,18H,(H2,15,16,17). The molecule has 0 saturated carbocycles. The highest BCUT2D eigenvalue weighted by Crippen LogP contribution is 2.34. The maximum atomic E-state index is 12.1. The molecule has 0 radical (unpaired) electrons. The number of halogens is 1. The Balaban J connectivity index is 2.02. The Morgan fingerprint density at radius 3 is 2.67 bits per heavy atom. The first-order chi connectivity index (χ1) is 9.97. The zero-order valence-electron chi connectivity index (χ0n) is 10.5. The molecule has 1 heterocycles. The van der Waals surface area contributed by atoms with E-state index in [4.69, 9.17) is 11.6 Å². The molecule has 0 spiro atoms. The third kappa shape index (κ3) is 2.53. The topological polar surface area (TPSA) is 90.8 Å². The minimum absolute atomic E-state index is 0.0305. The minimum atomic E-state index is -3.89. The molecule has 1 aliphatic rings. The number of hydrogen-bond donors (Lipinski definition) is 3. The van der Waals surface area contributed by atoms with E-state index in [-0.39, 0.29) is 22.3 Å². The van der Waals surface area contributed by atoms with Crippen molar-refractivity contribution >= 4 is 39.0 Å². The van der Waals surface area contributed by atoms with Gasteiger partial charge in [-0.05, 0) is 24.3 Å². The van der Waals surface area contributed by atoms with E-state index in [1.165, 1.54) is 18.2 Å². The highest BCUT2D eigenvalue weighted by Gasteiger charge is 2.27. The summed E-state index contributed by atoms with van der Waals surface area (Å²) in [6.07, 6.45) is 0. The van der Waals surface area contributed by atoms with Crippen molar-refractivity contribution in [1.82, 2.24) is 0 Å². The fourth-order valence-corrected chi connectivity index (χ4v) is 3.19. The molecule has 0 aromatic heterocycles. The lowest BCUT2D eigenvalue weighted by Crippen LogP contribution is -2.28. The van der Waals surface area contributed by atoms with Gasteiger partial charge in [-0.15, -0.1) is 4.40 Å². The van der Waals surface area contributed by atoms with Crippen LogP contribution in [0.25, 0.3) is 0 Å². The average molecular weight is 324 g/mol. The minimum Gasteiger partial charge on any atom is -0.506 e. The van der Waals surface area contributed by atoms with Crippen LogP contribution in [0.4, 0.5) is 11.4 Å². The van der Waals surface area contributed by atoms with Crippen LogP contribution in [0, 0.1) is 0 Å². The zero-order chi connectivity index (χ0) is 15.0. The zero-order valence-corrected chi connectivity index (χ0v) is 12.1. The van der Waals surface area contributed by atoms with Gasteiger partial charge in [0.25, 0.3) is 10.0 Å². The summed E-state index contributed by atoms with van der Waals surface area (Å²) in [7, 11) is -3.89. The number of phenolic OH excluding ortho intramolecular Hbond substituents is 1. The van der Waals surface area contributed by atoms with E-state index >= 15 is 0 Å². The molecule has 6 nitrogen and oxygen atoms in total. The molecule has 0 amide bonds. The molecule has 0 fully saturated rings. The summed E-state index contributed by atoms with van der Waals surface area (Å²) in [4.78, 5) is -0.0767. The van der Waals surface area contributed by atoms with Gasteiger partial charge in [0.2, 0.25) is 5.96 Å². The van der Waals surface area contributed by atoms with Crippen molar-refractivity contribution in [1.29, 1.82) is 0 Å². The van der Waals surface area contributed by atoms with Crippen LogP contribution >= 0.6 is 11.6 Å². The average Bonchev–Trinajstić information content (AvgIpc) is 2.42. The molecule has 108 valence electrons. The van der Waals surface area contributed by atoms with Crippen LogP contribution in [0.2, 0.25) is 5.02 Å². The molecular weight excluding hydrogens is 314 g/mol. The summed E-state index contributed by atoms with van der Waals surface area (Å²) < 4.78 is 27.8. The Bertz CT molecular complexity index is 849. The third-order valence-corrected chi connectivity index (χ3v) is 4.51. The van der Waals surface area contributed by atoms with Crippen LogP contribution in [0.15, 0.2) is 51.8 Å². The maximum absolute atomic E-state index is 12.1. The van der Waals surface area contributed by atoms with Crippen molar-refractivity contribution in [2.24, 2.45) is 4.40 Å². The summed E-state index contributed by atoms with van der Waals surface area (Å²) in [6.45, 7) is 0. The molecule has 0 saturated heterocycles. The molecular formula is C13H10ClN3O3S. The van der Waals surface area contributed by atoms with Gasteiger partial charge in [-0.2, -0.15) is 8.42 Å². The molecule has 3 N–H and O–H groups in total. The lowest BCUT2D eigenvalue weighted by molar-refractivity contribution is 0.476. The smallest absolute Gasteiger partial charge is 0.287 e. The van der Waals surface area contributed by atoms with Crippen molar-refractivity contribution in [2.45, 2.75) is 4.90 Å². The van der Waals surface area contributed by atoms with Crippen LogP contribution in [0.3, 0.4) is 0 Å². The van der Waals surface area contributed by atoms with Gasteiger partial charge in [0.05, 0.1) is 10.7 Å². The lowest BCUT2D eigenvalue weighted by atomic mass is 10.3. The van der Waals surface area contributed by atoms with Gasteiger partial charge in [-0.3, -0.25) is 0 Å². The highest BCUT2D eigenvalue weighted by molar-refractivity contribution is 7.90. The number of fused-ring (bicyclic) bond motifs is 1. The molecule has 8 heteroatoms. The highest BCUT2D eigenvalue weighted by atomic mass is 35.5. The van der Waals surface area contributed by atoms with E-state index in [2.05, 4.69) is 15.0 Å². The maximum Gasteiger partial charge on any atom is 0.287 e. The Morgan fingerprint density at radius 1 is 1.14 bits per heavy atom. The van der Waals surface area contributed by atoms with Crippen LogP contribution in [-0.2, 0) is 10.0 Å². The second kappa shape index (κ2) is 4.94. The first-order valence-corrected chi connectivity index (χ1v) is 7.75. The first kappa shape index (κ1) is 13.7. The molecule has 0 unspecified atom stereocenters. The monoisotopic (exact) mass is 323 g/mol. The van der Waals surface area contributed by atoms with Gasteiger partial charge in [-0.25, -0.2) is 0 Å². The van der Waals surface area contributed by atoms with Gasteiger partial charge < -0.3 is 15.7 Å². The Kier molecular flexibility index (Phi) is 3.23. The van der Waals surface area contributed by atoms with Crippen molar-refractivity contribution in [3.05, 3.63) is 47.5 Å². The van der Waals surface area contributed by atoms with Crippen LogP contribution < -0.4 is 10.6 Å². The summed E-state index contributed by atoms with van der Waals surface area (Å²) in [6, 6.07) is 11.0. The van der Waals surface area contributed by atoms with Gasteiger partial charge in [0.15, 0.2) is 0 Å². The molecule has 0 bridgehead atoms. The van der Waals surface area contributed by atoms with E-state index in [9.17, 15) is 13.5 Å². The van der Waals surface area contributed by atoms with Gasteiger partial charge in [-0.1, -0.05) is 29.8 Å². The number of hydrogen-bond acceptors (Lipinski definition) is 5. The summed E-state index contributed by atoms with van der Waals surface area (Å²) in [5, 5.41) is 15.7. The first-order valence-electron chi connectivity index (χ1n) is 5.93. The van der Waals surface area contributed by atoms with Crippen molar-refractivity contribution in [2.75, 3.05) is 10.6 Å². The van der Waals surface area contributed by atoms with Crippen LogP contribution in [0.1, 0.15) is 0 Å². The quantitative estimate of drug-likeness (QED) is 0.702. The second-order valence-corrected chi connectivity index (χ2v) is 6.27. The molecule has 1 aliphatic heterocycles. The summed E-state index contributed by atoms with van der Waals surface area (Å²) in [5.41, 5.74) is 0.585. The lowest BCUT2D eigenvalue weighted by Gasteiger charge is -2.20. The molecule has 0 atom stereocenters. The number of para-hydroxylation sites is 2. The molecule has 21 heavy (non-hydrogen) atoms. The molecule has 3 rings (SSSR count). The van der Waals surface area contributed by atoms with Gasteiger partial charge >= 0.3 is 0 Å². The van der Waals surface area contributed by atoms with E-state index in [0.29, 0.717) is 10.7 Å². The number of rotatable bonds is 1. The number of anilines is 2. The van der Waals surface area contributed by atoms with Crippen molar-refractivity contribution in [3.8, 4) is 5.75 Å². The SMILES string of the molecule is O=S1(=O)N=C(Nc2ccccc2Cl)Nc2c(O)cccc21. The fraction of sp³-hybridized carbons (Fsp3) is 0. The number of benzene rings is 2. The third-order valence-electron chi connectivity index (χ3n) is 2.86. The summed E-state index contributed by atoms with van der Waals surface area (Å²) in [5.74, 6) is -0.207. The molecule has 2 aromatic rings. The van der Waals surface area contributed by atoms with Gasteiger partial charge in [0, 0.05) is 0 Å². The number of sulfonamides is 1. The number of guanidine groups is 1. The predicted octanol–water partition coefficient (Wildman–Crippen LogP) is 2.63. The molecule has 2 aromatic carbocycles. The Hall–Kier alpha value is -2.25. The van der Waals surface area contributed by atoms with Crippen molar-refractivity contribution in [3.63, 3.8) is 0 Å². The van der Waals surface area contributed by atoms with Crippen LogP contribution in [0.5, 0.6) is 5.75 Å². The van der Waals surface area contributed by atoms with Gasteiger partial charge in [0.1, 0.15) is 16.3 Å². The fourth-order valence-electron chi connectivity index (χ4n) is 1.91. The normalized spacial score (nSPS) is 15.6. The van der Waals surface area contributed by atoms with Crippen LogP contribution in [-0.4, -0.2) is 19.5 Å². The predicted molar refractivity (Wildman–Crippen MR) is 81.4 cm³/mol. The summed E-state index contributed by atoms with van der Waals surface area (Å²) >= 11 is 6.00. The van der Waals surface area contributed by atoms with E-state index in [1.807, 2.05) is 0 Å². The number of nitrogens with one attached hydrogen (secondary N) is 2. The largest absolute Gasteiger partial charge is 0.506 e. The van der Waals surface area contributed by atoms with Crippen molar-refractivity contribution < 1.29 is 13.5 Å². The van der Waals surface area contributed by atoms with E-state index in [1.54, 1.807) is 24.3 Å². The Morgan fingerprint density at radius 2 is 1.90 bits per heavy atom. The van der Waals surface area contributed by atoms with E-state index in [0.717, 1.165) is 0 Å².